The summed E-state index contributed by atoms with van der Waals surface area (Å²) in [4.78, 5) is 0. The largest absolute Gasteiger partial charge is 0.504 e. The Morgan fingerprint density at radius 2 is 2.19 bits per heavy atom. The topological polar surface area (TPSA) is 55.5 Å². The molecule has 0 radical (unpaired) electrons. The van der Waals surface area contributed by atoms with Gasteiger partial charge in [0.2, 0.25) is 0 Å². The lowest BCUT2D eigenvalue weighted by molar-refractivity contribution is 0.367. The molecule has 0 aliphatic heterocycles. The maximum Gasteiger partial charge on any atom is 0.164 e. The Balaban J connectivity index is 2.64. The molecule has 1 aromatic carbocycles. The molecule has 1 aliphatic rings. The zero-order valence-corrected chi connectivity index (χ0v) is 10.3. The molecule has 4 heteroatoms. The van der Waals surface area contributed by atoms with E-state index < -0.39 is 5.54 Å². The van der Waals surface area contributed by atoms with Crippen LogP contribution in [0.3, 0.4) is 0 Å². The van der Waals surface area contributed by atoms with Crippen molar-refractivity contribution in [3.8, 4) is 11.5 Å². The number of benzene rings is 1. The maximum absolute atomic E-state index is 10.1. The minimum absolute atomic E-state index is 0.0877. The van der Waals surface area contributed by atoms with Crippen molar-refractivity contribution in [2.45, 2.75) is 31.7 Å². The fourth-order valence-electron chi connectivity index (χ4n) is 1.93. The van der Waals surface area contributed by atoms with E-state index in [1.807, 2.05) is 6.92 Å². The molecule has 3 N–H and O–H groups in total. The van der Waals surface area contributed by atoms with Crippen molar-refractivity contribution in [1.82, 2.24) is 0 Å². The van der Waals surface area contributed by atoms with Crippen molar-refractivity contribution in [3.63, 3.8) is 0 Å². The molecule has 2 rings (SSSR count). The summed E-state index contributed by atoms with van der Waals surface area (Å²) in [5.74, 6) is 0.540. The summed E-state index contributed by atoms with van der Waals surface area (Å²) in [6.07, 6.45) is 2.51. The van der Waals surface area contributed by atoms with E-state index in [0.717, 1.165) is 24.8 Å². The third-order valence-corrected chi connectivity index (χ3v) is 3.60. The minimum Gasteiger partial charge on any atom is -0.504 e. The normalized spacial score (nSPS) is 17.2. The monoisotopic (exact) mass is 241 g/mol. The molecule has 3 nitrogen and oxygen atoms in total. The molecule has 0 aromatic heterocycles. The molecule has 0 heterocycles. The Kier molecular flexibility index (Phi) is 2.76. The molecule has 0 unspecified atom stereocenters. The minimum atomic E-state index is -0.459. The number of aromatic hydroxyl groups is 1. The van der Waals surface area contributed by atoms with Crippen LogP contribution in [0.25, 0.3) is 0 Å². The third kappa shape index (κ3) is 1.64. The second kappa shape index (κ2) is 3.82. The van der Waals surface area contributed by atoms with Crippen molar-refractivity contribution in [2.75, 3.05) is 7.11 Å². The molecule has 16 heavy (non-hydrogen) atoms. The Hall–Kier alpha value is -0.930. The van der Waals surface area contributed by atoms with Crippen LogP contribution in [-0.2, 0) is 12.0 Å². The lowest BCUT2D eigenvalue weighted by Gasteiger charge is -2.18. The second-order valence-corrected chi connectivity index (χ2v) is 4.66. The highest BCUT2D eigenvalue weighted by Gasteiger charge is 2.44. The number of phenolic OH excluding ortho intramolecular Hbond substituents is 1. The standard InChI is InChI=1S/C12H16ClNO2/c1-3-7-6-8(16-2)11(15)9(10(7)13)12(14)4-5-12/h6,15H,3-5,14H2,1-2H3. The molecule has 1 saturated carbocycles. The smallest absolute Gasteiger partial charge is 0.164 e. The van der Waals surface area contributed by atoms with E-state index >= 15 is 0 Å². The average molecular weight is 242 g/mol. The number of aryl methyl sites for hydroxylation is 1. The van der Waals surface area contributed by atoms with Gasteiger partial charge in [0.05, 0.1) is 12.1 Å². The first-order valence-electron chi connectivity index (χ1n) is 5.41. The van der Waals surface area contributed by atoms with Gasteiger partial charge in [0.25, 0.3) is 0 Å². The third-order valence-electron chi connectivity index (χ3n) is 3.16. The molecular weight excluding hydrogens is 226 g/mol. The van der Waals surface area contributed by atoms with E-state index in [1.165, 1.54) is 7.11 Å². The van der Waals surface area contributed by atoms with E-state index in [4.69, 9.17) is 22.1 Å². The summed E-state index contributed by atoms with van der Waals surface area (Å²) in [5, 5.41) is 10.7. The average Bonchev–Trinajstić information content (AvgIpc) is 2.98. The zero-order valence-electron chi connectivity index (χ0n) is 9.51. The van der Waals surface area contributed by atoms with Crippen LogP contribution in [0.2, 0.25) is 5.02 Å². The van der Waals surface area contributed by atoms with Crippen LogP contribution < -0.4 is 10.5 Å². The quantitative estimate of drug-likeness (QED) is 0.855. The molecule has 1 aliphatic carbocycles. The number of methoxy groups -OCH3 is 1. The summed E-state index contributed by atoms with van der Waals surface area (Å²) in [6, 6.07) is 1.77. The van der Waals surface area contributed by atoms with Crippen molar-refractivity contribution < 1.29 is 9.84 Å². The first-order valence-corrected chi connectivity index (χ1v) is 5.79. The number of hydrogen-bond acceptors (Lipinski definition) is 3. The molecule has 1 fully saturated rings. The number of rotatable bonds is 3. The maximum atomic E-state index is 10.1. The summed E-state index contributed by atoms with van der Waals surface area (Å²) >= 11 is 6.27. The Bertz CT molecular complexity index is 399. The number of nitrogens with two attached hydrogens (primary N) is 1. The van der Waals surface area contributed by atoms with Gasteiger partial charge >= 0.3 is 0 Å². The highest BCUT2D eigenvalue weighted by Crippen LogP contribution is 2.52. The van der Waals surface area contributed by atoms with Crippen LogP contribution in [0.1, 0.15) is 30.9 Å². The van der Waals surface area contributed by atoms with E-state index in [0.29, 0.717) is 16.3 Å². The van der Waals surface area contributed by atoms with Crippen molar-refractivity contribution >= 4 is 11.6 Å². The van der Waals surface area contributed by atoms with Gasteiger partial charge in [0, 0.05) is 11.1 Å². The SMILES string of the molecule is CCc1cc(OC)c(O)c(C2(N)CC2)c1Cl. The molecule has 0 amide bonds. The van der Waals surface area contributed by atoms with E-state index in [9.17, 15) is 5.11 Å². The van der Waals surface area contributed by atoms with Gasteiger partial charge in [-0.15, -0.1) is 0 Å². The molecule has 0 atom stereocenters. The Labute approximate surface area is 100 Å². The van der Waals surface area contributed by atoms with Gasteiger partial charge in [0.15, 0.2) is 11.5 Å². The lowest BCUT2D eigenvalue weighted by Crippen LogP contribution is -2.20. The first kappa shape index (κ1) is 11.6. The van der Waals surface area contributed by atoms with Crippen LogP contribution in [0.4, 0.5) is 0 Å². The summed E-state index contributed by atoms with van der Waals surface area (Å²) in [5.41, 5.74) is 7.26. The van der Waals surface area contributed by atoms with Crippen LogP contribution in [0.15, 0.2) is 6.07 Å². The fraction of sp³-hybridized carbons (Fsp3) is 0.500. The van der Waals surface area contributed by atoms with E-state index in [2.05, 4.69) is 0 Å². The molecule has 0 bridgehead atoms. The number of hydrogen-bond donors (Lipinski definition) is 2. The number of halogens is 1. The predicted octanol–water partition coefficient (Wildman–Crippen LogP) is 2.56. The van der Waals surface area contributed by atoms with E-state index in [1.54, 1.807) is 6.07 Å². The highest BCUT2D eigenvalue weighted by atomic mass is 35.5. The zero-order chi connectivity index (χ0) is 11.9. The number of ether oxygens (including phenoxy) is 1. The van der Waals surface area contributed by atoms with Gasteiger partial charge in [-0.1, -0.05) is 18.5 Å². The molecule has 88 valence electrons. The summed E-state index contributed by atoms with van der Waals surface area (Å²) in [6.45, 7) is 2.01. The molecule has 1 aromatic rings. The number of phenols is 1. The predicted molar refractivity (Wildman–Crippen MR) is 64.1 cm³/mol. The van der Waals surface area contributed by atoms with Crippen LogP contribution in [0, 0.1) is 0 Å². The molecule has 0 saturated heterocycles. The van der Waals surface area contributed by atoms with Crippen molar-refractivity contribution in [2.24, 2.45) is 5.73 Å². The van der Waals surface area contributed by atoms with Gasteiger partial charge in [-0.2, -0.15) is 0 Å². The Morgan fingerprint density at radius 1 is 1.56 bits per heavy atom. The first-order chi connectivity index (χ1) is 7.53. The fourth-order valence-corrected chi connectivity index (χ4v) is 2.40. The van der Waals surface area contributed by atoms with Gasteiger partial charge < -0.3 is 15.6 Å². The van der Waals surface area contributed by atoms with Gasteiger partial charge in [0.1, 0.15) is 0 Å². The second-order valence-electron chi connectivity index (χ2n) is 4.29. The van der Waals surface area contributed by atoms with Crippen molar-refractivity contribution in [1.29, 1.82) is 0 Å². The Morgan fingerprint density at radius 3 is 2.62 bits per heavy atom. The van der Waals surface area contributed by atoms with Gasteiger partial charge in [-0.25, -0.2) is 0 Å². The lowest BCUT2D eigenvalue weighted by atomic mass is 9.99. The molecule has 0 spiro atoms. The van der Waals surface area contributed by atoms with E-state index in [-0.39, 0.29) is 5.75 Å². The van der Waals surface area contributed by atoms with Gasteiger partial charge in [-0.3, -0.25) is 0 Å². The van der Waals surface area contributed by atoms with Crippen molar-refractivity contribution in [3.05, 3.63) is 22.2 Å². The molecular formula is C12H16ClNO2. The summed E-state index contributed by atoms with van der Waals surface area (Å²) < 4.78 is 5.14. The summed E-state index contributed by atoms with van der Waals surface area (Å²) in [7, 11) is 1.53. The van der Waals surface area contributed by atoms with Crippen LogP contribution in [-0.4, -0.2) is 12.2 Å². The highest BCUT2D eigenvalue weighted by molar-refractivity contribution is 6.32. The van der Waals surface area contributed by atoms with Crippen LogP contribution >= 0.6 is 11.6 Å². The van der Waals surface area contributed by atoms with Gasteiger partial charge in [-0.05, 0) is 30.9 Å². The van der Waals surface area contributed by atoms with Crippen LogP contribution in [0.5, 0.6) is 11.5 Å².